The number of benzene rings is 1. The monoisotopic (exact) mass is 328 g/mol. The van der Waals surface area contributed by atoms with E-state index in [-0.39, 0.29) is 0 Å². The predicted molar refractivity (Wildman–Crippen MR) is 90.2 cm³/mol. The average molecular weight is 329 g/mol. The number of nitrogens with one attached hydrogen (secondary N) is 1. The van der Waals surface area contributed by atoms with Crippen LogP contribution in [0.1, 0.15) is 12.8 Å². The Bertz CT molecular complexity index is 813. The summed E-state index contributed by atoms with van der Waals surface area (Å²) in [5.74, 6) is 0.686. The van der Waals surface area contributed by atoms with Crippen LogP contribution in [0.25, 0.3) is 21.8 Å². The molecule has 1 aliphatic rings. The topological polar surface area (TPSA) is 50.7 Å². The van der Waals surface area contributed by atoms with Gasteiger partial charge < -0.3 is 5.32 Å². The lowest BCUT2D eigenvalue weighted by atomic mass is 10.1. The molecule has 22 heavy (non-hydrogen) atoms. The van der Waals surface area contributed by atoms with E-state index in [9.17, 15) is 0 Å². The molecule has 1 aliphatic carbocycles. The van der Waals surface area contributed by atoms with Crippen molar-refractivity contribution < 1.29 is 0 Å². The minimum Gasteiger partial charge on any atom is -0.351 e. The fraction of sp³-hybridized carbons (Fsp3) is 0.188. The normalized spacial score (nSPS) is 14.0. The van der Waals surface area contributed by atoms with Gasteiger partial charge in [-0.25, -0.2) is 15.0 Å². The first kappa shape index (κ1) is 13.7. The maximum Gasteiger partial charge on any atom is 0.223 e. The summed E-state index contributed by atoms with van der Waals surface area (Å²) in [6.07, 6.45) is 4.18. The SMILES string of the molecule is Clc1cccc(-c2ncsc2-c2ccnc(NC3CC3)n2)c1. The van der Waals surface area contributed by atoms with Crippen molar-refractivity contribution in [2.24, 2.45) is 0 Å². The van der Waals surface area contributed by atoms with Crippen molar-refractivity contribution >= 4 is 28.9 Å². The van der Waals surface area contributed by atoms with Gasteiger partial charge in [0.2, 0.25) is 5.95 Å². The van der Waals surface area contributed by atoms with Crippen molar-refractivity contribution in [1.29, 1.82) is 0 Å². The lowest BCUT2D eigenvalue weighted by Crippen LogP contribution is -2.05. The van der Waals surface area contributed by atoms with Gasteiger partial charge >= 0.3 is 0 Å². The van der Waals surface area contributed by atoms with Crippen molar-refractivity contribution in [2.45, 2.75) is 18.9 Å². The average Bonchev–Trinajstić information content (AvgIpc) is 3.20. The zero-order valence-electron chi connectivity index (χ0n) is 11.7. The zero-order valence-corrected chi connectivity index (χ0v) is 13.2. The summed E-state index contributed by atoms with van der Waals surface area (Å²) in [5, 5.41) is 4.03. The fourth-order valence-corrected chi connectivity index (χ4v) is 3.20. The van der Waals surface area contributed by atoms with E-state index in [1.54, 1.807) is 17.5 Å². The van der Waals surface area contributed by atoms with Crippen molar-refractivity contribution in [3.05, 3.63) is 47.1 Å². The number of hydrogen-bond acceptors (Lipinski definition) is 5. The first-order valence-corrected chi connectivity index (χ1v) is 8.35. The van der Waals surface area contributed by atoms with Crippen LogP contribution < -0.4 is 5.32 Å². The Morgan fingerprint density at radius 3 is 2.91 bits per heavy atom. The molecular formula is C16H13ClN4S. The van der Waals surface area contributed by atoms with Gasteiger partial charge in [-0.3, -0.25) is 0 Å². The van der Waals surface area contributed by atoms with Gasteiger partial charge in [-0.05, 0) is 31.0 Å². The van der Waals surface area contributed by atoms with Crippen LogP contribution in [0, 0.1) is 0 Å². The molecule has 0 radical (unpaired) electrons. The molecule has 3 aromatic rings. The van der Waals surface area contributed by atoms with Crippen LogP contribution in [-0.4, -0.2) is 21.0 Å². The van der Waals surface area contributed by atoms with Crippen LogP contribution in [-0.2, 0) is 0 Å². The third kappa shape index (κ3) is 2.82. The van der Waals surface area contributed by atoms with Crippen LogP contribution in [0.3, 0.4) is 0 Å². The van der Waals surface area contributed by atoms with Crippen LogP contribution in [0.2, 0.25) is 5.02 Å². The second-order valence-corrected chi connectivity index (χ2v) is 6.52. The van der Waals surface area contributed by atoms with Gasteiger partial charge in [0.05, 0.1) is 21.8 Å². The van der Waals surface area contributed by atoms with E-state index >= 15 is 0 Å². The second-order valence-electron chi connectivity index (χ2n) is 5.22. The van der Waals surface area contributed by atoms with Gasteiger partial charge in [0, 0.05) is 22.8 Å². The largest absolute Gasteiger partial charge is 0.351 e. The Morgan fingerprint density at radius 1 is 1.18 bits per heavy atom. The van der Waals surface area contributed by atoms with E-state index in [1.807, 2.05) is 35.8 Å². The Labute approximate surface area is 137 Å². The zero-order chi connectivity index (χ0) is 14.9. The number of thiazole rings is 1. The summed E-state index contributed by atoms with van der Waals surface area (Å²) in [5.41, 5.74) is 4.63. The smallest absolute Gasteiger partial charge is 0.223 e. The lowest BCUT2D eigenvalue weighted by Gasteiger charge is -2.06. The van der Waals surface area contributed by atoms with Crippen LogP contribution in [0.4, 0.5) is 5.95 Å². The van der Waals surface area contributed by atoms with Gasteiger partial charge in [-0.1, -0.05) is 23.7 Å². The Balaban J connectivity index is 1.72. The first-order valence-electron chi connectivity index (χ1n) is 7.09. The standard InChI is InChI=1S/C16H13ClN4S/c17-11-3-1-2-10(8-11)14-15(22-9-19-14)13-6-7-18-16(21-13)20-12-4-5-12/h1-3,6-9,12H,4-5H2,(H,18,20,21). The molecule has 1 aromatic carbocycles. The summed E-state index contributed by atoms with van der Waals surface area (Å²) < 4.78 is 0. The highest BCUT2D eigenvalue weighted by Crippen LogP contribution is 2.35. The van der Waals surface area contributed by atoms with Crippen molar-refractivity contribution in [1.82, 2.24) is 15.0 Å². The summed E-state index contributed by atoms with van der Waals surface area (Å²) >= 11 is 7.66. The highest BCUT2D eigenvalue weighted by molar-refractivity contribution is 7.13. The number of nitrogens with zero attached hydrogens (tertiary/aromatic N) is 3. The Hall–Kier alpha value is -1.98. The van der Waals surface area contributed by atoms with E-state index in [1.165, 1.54) is 12.8 Å². The number of halogens is 1. The first-order chi connectivity index (χ1) is 10.8. The molecule has 0 atom stereocenters. The summed E-state index contributed by atoms with van der Waals surface area (Å²) in [7, 11) is 0. The summed E-state index contributed by atoms with van der Waals surface area (Å²) in [4.78, 5) is 14.4. The quantitative estimate of drug-likeness (QED) is 0.766. The molecule has 1 saturated carbocycles. The van der Waals surface area contributed by atoms with Crippen molar-refractivity contribution in [3.8, 4) is 21.8 Å². The van der Waals surface area contributed by atoms with Gasteiger partial charge in [-0.15, -0.1) is 11.3 Å². The molecule has 1 fully saturated rings. The highest BCUT2D eigenvalue weighted by atomic mass is 35.5. The minimum atomic E-state index is 0.532. The number of rotatable bonds is 4. The van der Waals surface area contributed by atoms with E-state index in [0.717, 1.165) is 21.8 Å². The van der Waals surface area contributed by atoms with Crippen molar-refractivity contribution in [3.63, 3.8) is 0 Å². The van der Waals surface area contributed by atoms with Crippen LogP contribution in [0.5, 0.6) is 0 Å². The molecular weight excluding hydrogens is 316 g/mol. The van der Waals surface area contributed by atoms with E-state index < -0.39 is 0 Å². The number of hydrogen-bond donors (Lipinski definition) is 1. The lowest BCUT2D eigenvalue weighted by molar-refractivity contribution is 1.06. The molecule has 0 saturated heterocycles. The highest BCUT2D eigenvalue weighted by Gasteiger charge is 2.22. The maximum atomic E-state index is 6.09. The number of anilines is 1. The van der Waals surface area contributed by atoms with Crippen molar-refractivity contribution in [2.75, 3.05) is 5.32 Å². The molecule has 4 nitrogen and oxygen atoms in total. The Morgan fingerprint density at radius 2 is 2.09 bits per heavy atom. The molecule has 0 aliphatic heterocycles. The molecule has 2 heterocycles. The van der Waals surface area contributed by atoms with E-state index in [4.69, 9.17) is 11.6 Å². The molecule has 1 N–H and O–H groups in total. The van der Waals surface area contributed by atoms with E-state index in [0.29, 0.717) is 17.0 Å². The third-order valence-corrected chi connectivity index (χ3v) is 4.55. The fourth-order valence-electron chi connectivity index (χ4n) is 2.23. The van der Waals surface area contributed by atoms with Gasteiger partial charge in [0.1, 0.15) is 0 Å². The molecule has 4 rings (SSSR count). The third-order valence-electron chi connectivity index (χ3n) is 3.46. The summed E-state index contributed by atoms with van der Waals surface area (Å²) in [6.45, 7) is 0. The van der Waals surface area contributed by atoms with E-state index in [2.05, 4.69) is 20.3 Å². The van der Waals surface area contributed by atoms with Gasteiger partial charge in [0.15, 0.2) is 0 Å². The number of aromatic nitrogens is 3. The maximum absolute atomic E-state index is 6.09. The minimum absolute atomic E-state index is 0.532. The Kier molecular flexibility index (Phi) is 3.52. The molecule has 0 amide bonds. The van der Waals surface area contributed by atoms with Crippen LogP contribution >= 0.6 is 22.9 Å². The molecule has 0 bridgehead atoms. The molecule has 6 heteroatoms. The van der Waals surface area contributed by atoms with Gasteiger partial charge in [-0.2, -0.15) is 0 Å². The molecule has 110 valence electrons. The van der Waals surface area contributed by atoms with Crippen LogP contribution in [0.15, 0.2) is 42.0 Å². The molecule has 0 unspecified atom stereocenters. The van der Waals surface area contributed by atoms with Gasteiger partial charge in [0.25, 0.3) is 0 Å². The summed E-state index contributed by atoms with van der Waals surface area (Å²) in [6, 6.07) is 10.2. The predicted octanol–water partition coefficient (Wildman–Crippen LogP) is 4.49. The molecule has 2 aromatic heterocycles. The molecule has 0 spiro atoms. The second kappa shape index (κ2) is 5.66.